The van der Waals surface area contributed by atoms with Crippen molar-refractivity contribution in [2.24, 2.45) is 5.73 Å². The summed E-state index contributed by atoms with van der Waals surface area (Å²) in [5.74, 6) is -0.743. The molecule has 1 amide bonds. The summed E-state index contributed by atoms with van der Waals surface area (Å²) in [5.41, 5.74) is 17.5. The summed E-state index contributed by atoms with van der Waals surface area (Å²) < 4.78 is 52.4. The maximum atomic E-state index is 12.4. The average Bonchev–Trinajstić information content (AvgIpc) is 3.58. The summed E-state index contributed by atoms with van der Waals surface area (Å²) in [6.07, 6.45) is -5.45. The van der Waals surface area contributed by atoms with Gasteiger partial charge in [0.25, 0.3) is 12.1 Å². The van der Waals surface area contributed by atoms with E-state index in [2.05, 4.69) is 19.3 Å². The molecule has 21 nitrogen and oxygen atoms in total. The van der Waals surface area contributed by atoms with E-state index in [1.165, 1.54) is 40.0 Å². The number of carbonyl (C=O) groups is 1. The Bertz CT molecular complexity index is 1640. The summed E-state index contributed by atoms with van der Waals surface area (Å²) in [5, 5.41) is 31.2. The van der Waals surface area contributed by atoms with Crippen LogP contribution in [0.1, 0.15) is 29.2 Å². The van der Waals surface area contributed by atoms with Gasteiger partial charge in [0.05, 0.1) is 19.3 Å². The number of phosphoric acid groups is 2. The van der Waals surface area contributed by atoms with Crippen molar-refractivity contribution in [3.8, 4) is 0 Å². The van der Waals surface area contributed by atoms with Gasteiger partial charge in [-0.05, 0) is 6.07 Å². The number of phosphoric ester groups is 2. The van der Waals surface area contributed by atoms with Crippen molar-refractivity contribution in [1.29, 1.82) is 0 Å². The number of aliphatic hydroxyl groups excluding tert-OH is 3. The van der Waals surface area contributed by atoms with Gasteiger partial charge in [0.1, 0.15) is 36.4 Å². The first kappa shape index (κ1) is 32.2. The number of nitrogens with zero attached hydrogens (tertiary/aromatic N) is 5. The highest BCUT2D eigenvalue weighted by molar-refractivity contribution is 7.61. The average molecular weight is 663 g/mol. The van der Waals surface area contributed by atoms with Gasteiger partial charge in [0.2, 0.25) is 5.95 Å². The first-order chi connectivity index (χ1) is 20.7. The van der Waals surface area contributed by atoms with Crippen molar-refractivity contribution in [2.45, 2.75) is 49.4 Å². The predicted octanol–water partition coefficient (Wildman–Crippen LogP) is -2.40. The van der Waals surface area contributed by atoms with Gasteiger partial charge in [-0.25, -0.2) is 24.1 Å². The largest absolute Gasteiger partial charge is 0.481 e. The third-order valence-corrected chi connectivity index (χ3v) is 9.37. The molecule has 2 saturated heterocycles. The SMILES string of the molecule is NC(=O)c1ccc[n+]([C@@H]2O[C@H](COP(=O)(O)OP(=O)(O)OC[C@H]3O[C@@H](n4c(N)nc5c(N)ncnc54)C[C@@H]3O)[C@@H](O)[C@H]2O)c1. The Labute approximate surface area is 246 Å². The number of anilines is 2. The van der Waals surface area contributed by atoms with Crippen LogP contribution in [0.15, 0.2) is 30.9 Å². The number of ether oxygens (including phenoxy) is 2. The number of hydrogen-bond donors (Lipinski definition) is 8. The second kappa shape index (κ2) is 12.3. The van der Waals surface area contributed by atoms with E-state index >= 15 is 0 Å². The van der Waals surface area contributed by atoms with E-state index in [0.717, 1.165) is 0 Å². The van der Waals surface area contributed by atoms with Crippen LogP contribution in [0.2, 0.25) is 0 Å². The van der Waals surface area contributed by atoms with Gasteiger partial charge in [-0.15, -0.1) is 0 Å². The minimum Gasteiger partial charge on any atom is -0.390 e. The molecule has 9 atom stereocenters. The molecular formula is C21H29N8O13P2+. The van der Waals surface area contributed by atoms with Crippen LogP contribution in [0.3, 0.4) is 0 Å². The lowest BCUT2D eigenvalue weighted by molar-refractivity contribution is -0.765. The molecule has 44 heavy (non-hydrogen) atoms. The van der Waals surface area contributed by atoms with Crippen LogP contribution >= 0.6 is 15.6 Å². The molecule has 0 saturated carbocycles. The number of aliphatic hydroxyl groups is 3. The zero-order valence-corrected chi connectivity index (χ0v) is 24.2. The first-order valence-corrected chi connectivity index (χ1v) is 15.7. The fraction of sp³-hybridized carbons (Fsp3) is 0.476. The number of pyridine rings is 1. The van der Waals surface area contributed by atoms with Gasteiger partial charge in [-0.3, -0.25) is 18.4 Å². The van der Waals surface area contributed by atoms with E-state index in [4.69, 9.17) is 35.7 Å². The Balaban J connectivity index is 1.15. The van der Waals surface area contributed by atoms with Gasteiger partial charge in [-0.2, -0.15) is 8.88 Å². The number of aromatic nitrogens is 5. The Hall–Kier alpha value is -3.17. The van der Waals surface area contributed by atoms with E-state index in [1.54, 1.807) is 0 Å². The van der Waals surface area contributed by atoms with Crippen LogP contribution in [-0.2, 0) is 32.0 Å². The second-order valence-corrected chi connectivity index (χ2v) is 12.8. The Morgan fingerprint density at radius 1 is 1.07 bits per heavy atom. The molecule has 0 aromatic carbocycles. The number of nitrogens with two attached hydrogens (primary N) is 3. The van der Waals surface area contributed by atoms with Crippen LogP contribution in [0.4, 0.5) is 11.8 Å². The van der Waals surface area contributed by atoms with Crippen molar-refractivity contribution in [2.75, 3.05) is 24.7 Å². The molecule has 240 valence electrons. The zero-order chi connectivity index (χ0) is 32.0. The van der Waals surface area contributed by atoms with Crippen molar-refractivity contribution < 1.29 is 66.4 Å². The van der Waals surface area contributed by atoms with E-state index in [0.29, 0.717) is 0 Å². The number of nitrogen functional groups attached to an aromatic ring is 2. The third kappa shape index (κ3) is 6.74. The number of carbonyl (C=O) groups excluding carboxylic acids is 1. The van der Waals surface area contributed by atoms with Crippen molar-refractivity contribution >= 4 is 44.5 Å². The molecule has 0 aliphatic carbocycles. The topological polar surface area (TPSA) is 324 Å². The molecule has 3 aromatic heterocycles. The quantitative estimate of drug-likeness (QED) is 0.0782. The van der Waals surface area contributed by atoms with Crippen LogP contribution in [-0.4, -0.2) is 94.3 Å². The van der Waals surface area contributed by atoms with Crippen LogP contribution in [0, 0.1) is 0 Å². The lowest BCUT2D eigenvalue weighted by Gasteiger charge is -2.20. The molecule has 5 rings (SSSR count). The normalized spacial score (nSPS) is 29.9. The van der Waals surface area contributed by atoms with Gasteiger partial charge in [0, 0.05) is 12.5 Å². The standard InChI is InChI=1S/C21H28N8O13P2/c22-17-14-19(26-8-25-17)29(21(24)27-14)13-4-10(30)11(40-13)6-38-43(34,35)42-44(36,37)39-7-12-15(31)16(32)20(41-12)28-3-1-2-9(5-28)18(23)33/h1-3,5,8,10-13,15-16,20,30-32H,4,6-7H2,(H7-,22,23,24,25,26,27,33,34,35,36,37)/p+1/t10-,11+,12+,13+,15+,16+,20+/m0/s1. The van der Waals surface area contributed by atoms with E-state index in [-0.39, 0.29) is 34.9 Å². The number of primary amides is 1. The molecule has 0 radical (unpaired) electrons. The molecule has 0 bridgehead atoms. The number of rotatable bonds is 11. The fourth-order valence-corrected chi connectivity index (χ4v) is 6.76. The molecule has 5 heterocycles. The molecule has 3 aromatic rings. The fourth-order valence-electron chi connectivity index (χ4n) is 4.67. The molecule has 2 aliphatic heterocycles. The van der Waals surface area contributed by atoms with Gasteiger partial charge in [0.15, 0.2) is 35.5 Å². The molecule has 11 N–H and O–H groups in total. The molecule has 2 aliphatic rings. The highest BCUT2D eigenvalue weighted by Gasteiger charge is 2.50. The maximum absolute atomic E-state index is 12.4. The van der Waals surface area contributed by atoms with Crippen LogP contribution < -0.4 is 21.8 Å². The first-order valence-electron chi connectivity index (χ1n) is 12.7. The second-order valence-electron chi connectivity index (χ2n) is 9.76. The van der Waals surface area contributed by atoms with Gasteiger partial charge >= 0.3 is 15.6 Å². The highest BCUT2D eigenvalue weighted by atomic mass is 31.3. The molecule has 0 spiro atoms. The lowest BCUT2D eigenvalue weighted by Crippen LogP contribution is -2.46. The van der Waals surface area contributed by atoms with Crippen LogP contribution in [0.5, 0.6) is 0 Å². The Morgan fingerprint density at radius 3 is 2.43 bits per heavy atom. The predicted molar refractivity (Wildman–Crippen MR) is 142 cm³/mol. The number of amides is 1. The van der Waals surface area contributed by atoms with Crippen LogP contribution in [0.25, 0.3) is 11.2 Å². The summed E-state index contributed by atoms with van der Waals surface area (Å²) in [6.45, 7) is -1.64. The highest BCUT2D eigenvalue weighted by Crippen LogP contribution is 2.60. The van der Waals surface area contributed by atoms with Crippen molar-refractivity contribution in [1.82, 2.24) is 19.5 Å². The smallest absolute Gasteiger partial charge is 0.390 e. The Morgan fingerprint density at radius 2 is 1.75 bits per heavy atom. The summed E-state index contributed by atoms with van der Waals surface area (Å²) in [4.78, 5) is 43.5. The number of fused-ring (bicyclic) bond motifs is 1. The maximum Gasteiger partial charge on any atom is 0.481 e. The minimum absolute atomic E-state index is 0.0477. The monoisotopic (exact) mass is 663 g/mol. The van der Waals surface area contributed by atoms with Crippen molar-refractivity contribution in [3.63, 3.8) is 0 Å². The van der Waals surface area contributed by atoms with E-state index in [1.807, 2.05) is 0 Å². The minimum atomic E-state index is -5.33. The number of hydrogen-bond acceptors (Lipinski definition) is 16. The molecule has 2 fully saturated rings. The van der Waals surface area contributed by atoms with Gasteiger partial charge in [-0.1, -0.05) is 0 Å². The number of imidazole rings is 1. The van der Waals surface area contributed by atoms with E-state index < -0.39 is 77.7 Å². The van der Waals surface area contributed by atoms with Crippen molar-refractivity contribution in [3.05, 3.63) is 36.4 Å². The Kier molecular flexibility index (Phi) is 9.02. The zero-order valence-electron chi connectivity index (χ0n) is 22.4. The summed E-state index contributed by atoms with van der Waals surface area (Å²) in [7, 11) is -10.6. The lowest BCUT2D eigenvalue weighted by atomic mass is 10.1. The third-order valence-electron chi connectivity index (χ3n) is 6.77. The molecule has 23 heteroatoms. The van der Waals surface area contributed by atoms with E-state index in [9.17, 15) is 39.0 Å². The summed E-state index contributed by atoms with van der Waals surface area (Å²) >= 11 is 0. The summed E-state index contributed by atoms with van der Waals surface area (Å²) in [6, 6.07) is 2.85. The van der Waals surface area contributed by atoms with Gasteiger partial charge < -0.3 is 51.8 Å². The molecule has 2 unspecified atom stereocenters. The molecular weight excluding hydrogens is 634 g/mol.